The van der Waals surface area contributed by atoms with Crippen LogP contribution < -0.4 is 20.7 Å². The number of thioether (sulfide) groups is 1. The summed E-state index contributed by atoms with van der Waals surface area (Å²) >= 11 is 1.84. The highest BCUT2D eigenvalue weighted by atomic mass is 32.2. The van der Waals surface area contributed by atoms with Gasteiger partial charge < -0.3 is 9.47 Å². The molecule has 0 saturated carbocycles. The van der Waals surface area contributed by atoms with E-state index in [-0.39, 0.29) is 6.04 Å². The van der Waals surface area contributed by atoms with Gasteiger partial charge in [0.15, 0.2) is 0 Å². The van der Waals surface area contributed by atoms with Crippen LogP contribution in [0.25, 0.3) is 0 Å². The van der Waals surface area contributed by atoms with E-state index >= 15 is 0 Å². The normalized spacial score (nSPS) is 12.6. The van der Waals surface area contributed by atoms with Crippen LogP contribution in [0.2, 0.25) is 0 Å². The first-order valence-electron chi connectivity index (χ1n) is 5.92. The predicted molar refractivity (Wildman–Crippen MR) is 77.2 cm³/mol. The zero-order valence-corrected chi connectivity index (χ0v) is 12.2. The Balaban J connectivity index is 3.02. The summed E-state index contributed by atoms with van der Waals surface area (Å²) in [5, 5.41) is 0.557. The van der Waals surface area contributed by atoms with Gasteiger partial charge in [0.25, 0.3) is 0 Å². The molecule has 0 aliphatic rings. The third kappa shape index (κ3) is 3.80. The van der Waals surface area contributed by atoms with E-state index < -0.39 is 0 Å². The Morgan fingerprint density at radius 2 is 1.78 bits per heavy atom. The molecule has 0 aliphatic carbocycles. The van der Waals surface area contributed by atoms with Crippen molar-refractivity contribution in [1.29, 1.82) is 0 Å². The lowest BCUT2D eigenvalue weighted by Crippen LogP contribution is -2.30. The van der Waals surface area contributed by atoms with E-state index in [1.165, 1.54) is 0 Å². The van der Waals surface area contributed by atoms with E-state index in [9.17, 15) is 0 Å². The SMILES string of the molecule is COc1cccc(OC)c1C(CSC(C)C)NN. The van der Waals surface area contributed by atoms with Gasteiger partial charge in [-0.2, -0.15) is 11.8 Å². The highest BCUT2D eigenvalue weighted by Crippen LogP contribution is 2.35. The quantitative estimate of drug-likeness (QED) is 0.588. The van der Waals surface area contributed by atoms with Crippen LogP contribution in [0.1, 0.15) is 25.5 Å². The Labute approximate surface area is 113 Å². The Bertz CT molecular complexity index is 350. The number of hydrazine groups is 1. The number of rotatable bonds is 7. The maximum absolute atomic E-state index is 5.66. The zero-order chi connectivity index (χ0) is 13.5. The maximum atomic E-state index is 5.66. The van der Waals surface area contributed by atoms with E-state index in [1.807, 2.05) is 30.0 Å². The van der Waals surface area contributed by atoms with Crippen LogP contribution in [0.4, 0.5) is 0 Å². The molecule has 1 aromatic rings. The van der Waals surface area contributed by atoms with Crippen molar-refractivity contribution in [3.05, 3.63) is 23.8 Å². The van der Waals surface area contributed by atoms with E-state index in [1.54, 1.807) is 14.2 Å². The molecule has 102 valence electrons. The molecule has 18 heavy (non-hydrogen) atoms. The fraction of sp³-hybridized carbons (Fsp3) is 0.538. The van der Waals surface area contributed by atoms with E-state index in [0.29, 0.717) is 5.25 Å². The summed E-state index contributed by atoms with van der Waals surface area (Å²) in [5.74, 6) is 8.12. The molecule has 5 heteroatoms. The van der Waals surface area contributed by atoms with Gasteiger partial charge in [-0.1, -0.05) is 19.9 Å². The summed E-state index contributed by atoms with van der Waals surface area (Å²) in [7, 11) is 3.31. The van der Waals surface area contributed by atoms with Gasteiger partial charge in [0.1, 0.15) is 11.5 Å². The Kier molecular flexibility index (Phi) is 6.32. The molecule has 1 unspecified atom stereocenters. The van der Waals surface area contributed by atoms with Crippen molar-refractivity contribution < 1.29 is 9.47 Å². The van der Waals surface area contributed by atoms with Gasteiger partial charge in [-0.05, 0) is 17.4 Å². The molecule has 0 heterocycles. The topological polar surface area (TPSA) is 56.5 Å². The van der Waals surface area contributed by atoms with Crippen LogP contribution in [-0.2, 0) is 0 Å². The van der Waals surface area contributed by atoms with Gasteiger partial charge in [0, 0.05) is 5.75 Å². The van der Waals surface area contributed by atoms with Gasteiger partial charge in [-0.25, -0.2) is 0 Å². The van der Waals surface area contributed by atoms with E-state index in [4.69, 9.17) is 15.3 Å². The second kappa shape index (κ2) is 7.51. The molecule has 0 fully saturated rings. The average molecular weight is 270 g/mol. The first kappa shape index (κ1) is 15.1. The first-order valence-corrected chi connectivity index (χ1v) is 6.97. The molecular weight excluding hydrogens is 248 g/mol. The maximum Gasteiger partial charge on any atom is 0.127 e. The fourth-order valence-corrected chi connectivity index (χ4v) is 2.57. The molecule has 0 aliphatic heterocycles. The smallest absolute Gasteiger partial charge is 0.127 e. The lowest BCUT2D eigenvalue weighted by Gasteiger charge is -2.22. The van der Waals surface area contributed by atoms with Crippen molar-refractivity contribution in [2.24, 2.45) is 5.84 Å². The van der Waals surface area contributed by atoms with Gasteiger partial charge in [-0.3, -0.25) is 11.3 Å². The van der Waals surface area contributed by atoms with Gasteiger partial charge >= 0.3 is 0 Å². The standard InChI is InChI=1S/C13H22N2O2S/c1-9(2)18-8-10(15-14)13-11(16-3)6-5-7-12(13)17-4/h5-7,9-10,15H,8,14H2,1-4H3. The van der Waals surface area contributed by atoms with Crippen molar-refractivity contribution in [2.45, 2.75) is 25.1 Å². The summed E-state index contributed by atoms with van der Waals surface area (Å²) in [5.41, 5.74) is 3.81. The Morgan fingerprint density at radius 3 is 2.17 bits per heavy atom. The fourth-order valence-electron chi connectivity index (χ4n) is 1.73. The van der Waals surface area contributed by atoms with Crippen LogP contribution in [0.3, 0.4) is 0 Å². The molecule has 3 N–H and O–H groups in total. The van der Waals surface area contributed by atoms with Crippen LogP contribution in [0.15, 0.2) is 18.2 Å². The minimum Gasteiger partial charge on any atom is -0.496 e. The molecule has 0 radical (unpaired) electrons. The molecule has 4 nitrogen and oxygen atoms in total. The van der Waals surface area contributed by atoms with Crippen molar-refractivity contribution in [3.63, 3.8) is 0 Å². The number of benzene rings is 1. The second-order valence-corrected chi connectivity index (χ2v) is 5.79. The summed E-state index contributed by atoms with van der Waals surface area (Å²) in [6.07, 6.45) is 0. The molecule has 1 rings (SSSR count). The molecule has 1 atom stereocenters. The average Bonchev–Trinajstić information content (AvgIpc) is 2.39. The van der Waals surface area contributed by atoms with Gasteiger partial charge in [0.05, 0.1) is 25.8 Å². The lowest BCUT2D eigenvalue weighted by molar-refractivity contribution is 0.375. The molecule has 0 spiro atoms. The minimum absolute atomic E-state index is 0.00324. The number of nitrogens with one attached hydrogen (secondary N) is 1. The predicted octanol–water partition coefficient (Wildman–Crippen LogP) is 2.35. The number of ether oxygens (including phenoxy) is 2. The van der Waals surface area contributed by atoms with Crippen molar-refractivity contribution >= 4 is 11.8 Å². The van der Waals surface area contributed by atoms with Crippen molar-refractivity contribution in [1.82, 2.24) is 5.43 Å². The third-order valence-electron chi connectivity index (χ3n) is 2.61. The van der Waals surface area contributed by atoms with E-state index in [2.05, 4.69) is 19.3 Å². The number of hydrogen-bond acceptors (Lipinski definition) is 5. The van der Waals surface area contributed by atoms with Crippen molar-refractivity contribution in [2.75, 3.05) is 20.0 Å². The highest BCUT2D eigenvalue weighted by Gasteiger charge is 2.20. The van der Waals surface area contributed by atoms with Gasteiger partial charge in [-0.15, -0.1) is 0 Å². The molecule has 0 aromatic heterocycles. The number of methoxy groups -OCH3 is 2. The Morgan fingerprint density at radius 1 is 1.22 bits per heavy atom. The number of hydrogen-bond donors (Lipinski definition) is 2. The second-order valence-electron chi connectivity index (χ2n) is 4.18. The molecule has 0 bridgehead atoms. The summed E-state index contributed by atoms with van der Waals surface area (Å²) < 4.78 is 10.8. The summed E-state index contributed by atoms with van der Waals surface area (Å²) in [6.45, 7) is 4.33. The summed E-state index contributed by atoms with van der Waals surface area (Å²) in [6, 6.07) is 5.75. The molecule has 1 aromatic carbocycles. The lowest BCUT2D eigenvalue weighted by atomic mass is 10.1. The molecular formula is C13H22N2O2S. The van der Waals surface area contributed by atoms with Crippen molar-refractivity contribution in [3.8, 4) is 11.5 Å². The van der Waals surface area contributed by atoms with Crippen LogP contribution in [0.5, 0.6) is 11.5 Å². The largest absolute Gasteiger partial charge is 0.496 e. The first-order chi connectivity index (χ1) is 8.63. The molecule has 0 amide bonds. The minimum atomic E-state index is 0.00324. The monoisotopic (exact) mass is 270 g/mol. The number of nitrogens with two attached hydrogens (primary N) is 1. The third-order valence-corrected chi connectivity index (χ3v) is 3.80. The highest BCUT2D eigenvalue weighted by molar-refractivity contribution is 7.99. The van der Waals surface area contributed by atoms with Crippen LogP contribution >= 0.6 is 11.8 Å². The Hall–Kier alpha value is -0.910. The van der Waals surface area contributed by atoms with Gasteiger partial charge in [0.2, 0.25) is 0 Å². The summed E-state index contributed by atoms with van der Waals surface area (Å²) in [4.78, 5) is 0. The van der Waals surface area contributed by atoms with Crippen LogP contribution in [-0.4, -0.2) is 25.2 Å². The van der Waals surface area contributed by atoms with E-state index in [0.717, 1.165) is 22.8 Å². The molecule has 0 saturated heterocycles. The zero-order valence-electron chi connectivity index (χ0n) is 11.4. The van der Waals surface area contributed by atoms with Crippen LogP contribution in [0, 0.1) is 0 Å².